The van der Waals surface area contributed by atoms with E-state index in [0.717, 1.165) is 5.56 Å². The van der Waals surface area contributed by atoms with E-state index in [-0.39, 0.29) is 43.5 Å². The summed E-state index contributed by atoms with van der Waals surface area (Å²) in [5.41, 5.74) is 7.25. The van der Waals surface area contributed by atoms with Gasteiger partial charge in [-0.3, -0.25) is 14.7 Å². The number of nitrogens with zero attached hydrogens (tertiary/aromatic N) is 1. The molecule has 3 rings (SSSR count). The third-order valence-electron chi connectivity index (χ3n) is 4.03. The van der Waals surface area contributed by atoms with E-state index in [1.54, 1.807) is 12.3 Å². The summed E-state index contributed by atoms with van der Waals surface area (Å²) in [6.45, 7) is 3.68. The van der Waals surface area contributed by atoms with Crippen LogP contribution >= 0.6 is 12.4 Å². The number of hydrogen-bond donors (Lipinski definition) is 4. The summed E-state index contributed by atoms with van der Waals surface area (Å²) in [7, 11) is 0. The number of amides is 2. The van der Waals surface area contributed by atoms with Gasteiger partial charge in [-0.05, 0) is 23.6 Å². The molecule has 27 heavy (non-hydrogen) atoms. The summed E-state index contributed by atoms with van der Waals surface area (Å²) in [6, 6.07) is 4.80. The molecular formula is C17H22ClN5O4. The molecule has 2 heterocycles. The largest absolute Gasteiger partial charge is 0.454 e. The molecular weight excluding hydrogens is 374 g/mol. The van der Waals surface area contributed by atoms with Gasteiger partial charge in [0.2, 0.25) is 18.6 Å². The van der Waals surface area contributed by atoms with Crippen LogP contribution in [0.4, 0.5) is 5.82 Å². The van der Waals surface area contributed by atoms with Crippen LogP contribution in [0.15, 0.2) is 24.4 Å². The molecule has 0 radical (unpaired) electrons. The van der Waals surface area contributed by atoms with Gasteiger partial charge >= 0.3 is 0 Å². The number of aromatic amines is 1. The molecule has 9 nitrogen and oxygen atoms in total. The maximum atomic E-state index is 12.1. The first kappa shape index (κ1) is 20.5. The zero-order chi connectivity index (χ0) is 18.7. The van der Waals surface area contributed by atoms with Crippen molar-refractivity contribution in [2.24, 2.45) is 11.7 Å². The van der Waals surface area contributed by atoms with Gasteiger partial charge in [0.05, 0.1) is 18.8 Å². The Bertz CT molecular complexity index is 823. The van der Waals surface area contributed by atoms with E-state index >= 15 is 0 Å². The Morgan fingerprint density at radius 3 is 2.78 bits per heavy atom. The van der Waals surface area contributed by atoms with Crippen LogP contribution in [0.5, 0.6) is 11.5 Å². The maximum absolute atomic E-state index is 12.1. The van der Waals surface area contributed by atoms with Gasteiger partial charge in [0.15, 0.2) is 11.5 Å². The number of carbonyl (C=O) groups excluding carboxylic acids is 2. The van der Waals surface area contributed by atoms with Gasteiger partial charge in [-0.15, -0.1) is 12.4 Å². The van der Waals surface area contributed by atoms with E-state index in [4.69, 9.17) is 15.2 Å². The Balaban J connectivity index is 0.00000261. The molecule has 2 amide bonds. The topological polar surface area (TPSA) is 131 Å². The molecule has 0 saturated heterocycles. The second kappa shape index (κ2) is 8.74. The lowest BCUT2D eigenvalue weighted by Crippen LogP contribution is -2.46. The molecule has 1 aromatic carbocycles. The van der Waals surface area contributed by atoms with Crippen LogP contribution in [0.25, 0.3) is 11.1 Å². The van der Waals surface area contributed by atoms with Crippen LogP contribution in [0.2, 0.25) is 0 Å². The number of nitrogens with one attached hydrogen (secondary N) is 3. The number of aromatic nitrogens is 2. The average Bonchev–Trinajstić information content (AvgIpc) is 3.27. The monoisotopic (exact) mass is 395 g/mol. The first-order valence-electron chi connectivity index (χ1n) is 8.22. The van der Waals surface area contributed by atoms with Crippen molar-refractivity contribution in [3.05, 3.63) is 24.4 Å². The summed E-state index contributed by atoms with van der Waals surface area (Å²) >= 11 is 0. The quantitative estimate of drug-likeness (QED) is 0.582. The van der Waals surface area contributed by atoms with Crippen molar-refractivity contribution in [1.29, 1.82) is 0 Å². The van der Waals surface area contributed by atoms with E-state index < -0.39 is 6.04 Å². The number of halogens is 1. The predicted molar refractivity (Wildman–Crippen MR) is 102 cm³/mol. The Hall–Kier alpha value is -2.78. The number of H-pyrrole nitrogens is 1. The lowest BCUT2D eigenvalue weighted by atomic mass is 10.1. The highest BCUT2D eigenvalue weighted by Gasteiger charge is 2.19. The minimum Gasteiger partial charge on any atom is -0.454 e. The molecule has 1 atom stereocenters. The molecule has 10 heteroatoms. The molecule has 0 bridgehead atoms. The van der Waals surface area contributed by atoms with Crippen LogP contribution in [0.1, 0.15) is 13.8 Å². The van der Waals surface area contributed by atoms with Gasteiger partial charge < -0.3 is 25.8 Å². The number of ether oxygens (including phenoxy) is 2. The van der Waals surface area contributed by atoms with Crippen molar-refractivity contribution >= 4 is 30.0 Å². The number of benzene rings is 1. The van der Waals surface area contributed by atoms with Gasteiger partial charge in [0.25, 0.3) is 0 Å². The number of rotatable bonds is 6. The molecule has 0 unspecified atom stereocenters. The highest BCUT2D eigenvalue weighted by molar-refractivity contribution is 5.97. The van der Waals surface area contributed by atoms with Crippen LogP contribution in [-0.2, 0) is 9.59 Å². The predicted octanol–water partition coefficient (Wildman–Crippen LogP) is 1.27. The van der Waals surface area contributed by atoms with E-state index in [1.807, 2.05) is 26.0 Å². The summed E-state index contributed by atoms with van der Waals surface area (Å²) in [5, 5.41) is 11.9. The van der Waals surface area contributed by atoms with E-state index in [1.165, 1.54) is 0 Å². The first-order valence-corrected chi connectivity index (χ1v) is 8.22. The molecule has 5 N–H and O–H groups in total. The number of hydrogen-bond acceptors (Lipinski definition) is 6. The Labute approximate surface area is 162 Å². The molecule has 0 saturated carbocycles. The van der Waals surface area contributed by atoms with Gasteiger partial charge in [0.1, 0.15) is 5.82 Å². The third-order valence-corrected chi connectivity index (χ3v) is 4.03. The van der Waals surface area contributed by atoms with Crippen LogP contribution < -0.4 is 25.8 Å². The Morgan fingerprint density at radius 2 is 2.04 bits per heavy atom. The smallest absolute Gasteiger partial charge is 0.244 e. The molecule has 2 aromatic rings. The standard InChI is InChI=1S/C17H21N5O4.ClH/c1-9(2)15(18)17(24)19-7-14(23)21-16-11(6-20-22-16)10-3-4-12-13(5-10)26-8-25-12;/h3-6,9,15H,7-8,18H2,1-2H3,(H,19,24)(H2,20,21,22,23);1H/t15-;/m0./s1. The molecule has 146 valence electrons. The summed E-state index contributed by atoms with van der Waals surface area (Å²) in [5.74, 6) is 0.971. The molecule has 0 aliphatic carbocycles. The first-order chi connectivity index (χ1) is 12.5. The van der Waals surface area contributed by atoms with Crippen LogP contribution in [-0.4, -0.2) is 41.4 Å². The van der Waals surface area contributed by atoms with Gasteiger partial charge in [0, 0.05) is 5.56 Å². The Morgan fingerprint density at radius 1 is 1.30 bits per heavy atom. The van der Waals surface area contributed by atoms with E-state index in [9.17, 15) is 9.59 Å². The highest BCUT2D eigenvalue weighted by atomic mass is 35.5. The lowest BCUT2D eigenvalue weighted by Gasteiger charge is -2.15. The van der Waals surface area contributed by atoms with Crippen molar-refractivity contribution < 1.29 is 19.1 Å². The molecule has 1 aliphatic rings. The highest BCUT2D eigenvalue weighted by Crippen LogP contribution is 2.37. The van der Waals surface area contributed by atoms with Crippen molar-refractivity contribution in [3.8, 4) is 22.6 Å². The zero-order valence-corrected chi connectivity index (χ0v) is 15.8. The van der Waals surface area contributed by atoms with Crippen molar-refractivity contribution in [3.63, 3.8) is 0 Å². The minimum absolute atomic E-state index is 0. The molecule has 1 aliphatic heterocycles. The molecule has 1 aromatic heterocycles. The van der Waals surface area contributed by atoms with Gasteiger partial charge in [-0.25, -0.2) is 0 Å². The number of nitrogens with two attached hydrogens (primary N) is 1. The fourth-order valence-electron chi connectivity index (χ4n) is 2.44. The fourth-order valence-corrected chi connectivity index (χ4v) is 2.44. The second-order valence-corrected chi connectivity index (χ2v) is 6.26. The number of fused-ring (bicyclic) bond motifs is 1. The third kappa shape index (κ3) is 4.69. The summed E-state index contributed by atoms with van der Waals surface area (Å²) in [4.78, 5) is 23.9. The maximum Gasteiger partial charge on any atom is 0.244 e. The summed E-state index contributed by atoms with van der Waals surface area (Å²) < 4.78 is 10.7. The van der Waals surface area contributed by atoms with E-state index in [2.05, 4.69) is 20.8 Å². The number of carbonyl (C=O) groups is 2. The fraction of sp³-hybridized carbons (Fsp3) is 0.353. The second-order valence-electron chi connectivity index (χ2n) is 6.26. The normalized spacial score (nSPS) is 13.0. The SMILES string of the molecule is CC(C)[C@H](N)C(=O)NCC(=O)Nc1[nH]ncc1-c1ccc2c(c1)OCO2.Cl. The molecule has 0 fully saturated rings. The lowest BCUT2D eigenvalue weighted by molar-refractivity contribution is -0.125. The summed E-state index contributed by atoms with van der Waals surface area (Å²) in [6.07, 6.45) is 1.60. The Kier molecular flexibility index (Phi) is 6.65. The van der Waals surface area contributed by atoms with Crippen molar-refractivity contribution in [1.82, 2.24) is 15.5 Å². The molecule has 0 spiro atoms. The number of anilines is 1. The zero-order valence-electron chi connectivity index (χ0n) is 14.9. The van der Waals surface area contributed by atoms with Crippen LogP contribution in [0, 0.1) is 5.92 Å². The van der Waals surface area contributed by atoms with Crippen molar-refractivity contribution in [2.75, 3.05) is 18.7 Å². The van der Waals surface area contributed by atoms with Crippen LogP contribution in [0.3, 0.4) is 0 Å². The van der Waals surface area contributed by atoms with Crippen molar-refractivity contribution in [2.45, 2.75) is 19.9 Å². The minimum atomic E-state index is -0.654. The van der Waals surface area contributed by atoms with Gasteiger partial charge in [-0.2, -0.15) is 5.10 Å². The van der Waals surface area contributed by atoms with E-state index in [0.29, 0.717) is 22.9 Å². The van der Waals surface area contributed by atoms with Gasteiger partial charge in [-0.1, -0.05) is 19.9 Å². The average molecular weight is 396 g/mol.